The van der Waals surface area contributed by atoms with Gasteiger partial charge in [0, 0.05) is 12.8 Å². The predicted octanol–water partition coefficient (Wildman–Crippen LogP) is 6.26. The molecule has 0 radical (unpaired) electrons. The van der Waals surface area contributed by atoms with E-state index >= 15 is 0 Å². The third-order valence-corrected chi connectivity index (χ3v) is 4.57. The molecule has 0 aliphatic carbocycles. The molecule has 0 spiro atoms. The minimum Gasteiger partial charge on any atom is -0.481 e. The monoisotopic (exact) mass is 356 g/mol. The fourth-order valence-electron chi connectivity index (χ4n) is 3.00. The number of ether oxygens (including phenoxy) is 1. The van der Waals surface area contributed by atoms with E-state index in [1.807, 2.05) is 6.92 Å². The zero-order valence-corrected chi connectivity index (χ0v) is 16.6. The van der Waals surface area contributed by atoms with Crippen LogP contribution in [0, 0.1) is 0 Å². The van der Waals surface area contributed by atoms with Gasteiger partial charge in [0.2, 0.25) is 0 Å². The first-order chi connectivity index (χ1) is 12.1. The second-order valence-electron chi connectivity index (χ2n) is 7.23. The zero-order valence-electron chi connectivity index (χ0n) is 16.6. The molecular weight excluding hydrogens is 316 g/mol. The van der Waals surface area contributed by atoms with Crippen LogP contribution in [0.25, 0.3) is 0 Å². The Morgan fingerprint density at radius 3 is 1.72 bits per heavy atom. The normalized spacial score (nSPS) is 12.1. The van der Waals surface area contributed by atoms with Gasteiger partial charge in [0.25, 0.3) is 0 Å². The quantitative estimate of drug-likeness (QED) is 0.232. The van der Waals surface area contributed by atoms with Gasteiger partial charge in [-0.25, -0.2) is 0 Å². The number of aliphatic carboxylic acids is 1. The molecule has 0 aromatic heterocycles. The van der Waals surface area contributed by atoms with Crippen LogP contribution >= 0.6 is 0 Å². The van der Waals surface area contributed by atoms with Gasteiger partial charge in [-0.15, -0.1) is 0 Å². The molecule has 0 fully saturated rings. The number of carboxylic acid groups (broad SMARTS) is 1. The molecule has 1 N–H and O–H groups in total. The van der Waals surface area contributed by atoms with E-state index in [0.29, 0.717) is 6.42 Å². The van der Waals surface area contributed by atoms with Crippen molar-refractivity contribution >= 4 is 11.9 Å². The van der Waals surface area contributed by atoms with Gasteiger partial charge in [-0.1, -0.05) is 77.6 Å². The van der Waals surface area contributed by atoms with Gasteiger partial charge >= 0.3 is 11.9 Å². The van der Waals surface area contributed by atoms with Crippen molar-refractivity contribution in [1.82, 2.24) is 0 Å². The summed E-state index contributed by atoms with van der Waals surface area (Å²) in [6, 6.07) is 0. The van der Waals surface area contributed by atoms with Gasteiger partial charge in [0.15, 0.2) is 0 Å². The van der Waals surface area contributed by atoms with Gasteiger partial charge in [-0.05, 0) is 26.2 Å². The van der Waals surface area contributed by atoms with Crippen LogP contribution in [0.5, 0.6) is 0 Å². The summed E-state index contributed by atoms with van der Waals surface area (Å²) in [5, 5.41) is 8.53. The van der Waals surface area contributed by atoms with Gasteiger partial charge in [0.05, 0.1) is 6.10 Å². The number of unbranched alkanes of at least 4 members (excludes halogenated alkanes) is 11. The molecule has 25 heavy (non-hydrogen) atoms. The summed E-state index contributed by atoms with van der Waals surface area (Å²) in [5.41, 5.74) is 0. The summed E-state index contributed by atoms with van der Waals surface area (Å²) in [7, 11) is 0. The Labute approximate surface area is 154 Å². The number of rotatable bonds is 18. The van der Waals surface area contributed by atoms with Crippen molar-refractivity contribution in [2.45, 2.75) is 123 Å². The fraction of sp³-hybridized carbons (Fsp3) is 0.905. The van der Waals surface area contributed by atoms with Crippen LogP contribution in [-0.2, 0) is 14.3 Å². The molecule has 0 aromatic carbocycles. The van der Waals surface area contributed by atoms with Crippen molar-refractivity contribution in [3.8, 4) is 0 Å². The molecule has 0 aliphatic heterocycles. The maximum absolute atomic E-state index is 11.5. The smallest absolute Gasteiger partial charge is 0.306 e. The standard InChI is InChI=1S/C21H40O4/c1-3-4-5-6-7-8-9-10-11-12-13-14-16-19(2)25-21(24)18-15-17-20(22)23/h19H,3-18H2,1-2H3,(H,22,23). The highest BCUT2D eigenvalue weighted by atomic mass is 16.5. The van der Waals surface area contributed by atoms with Gasteiger partial charge in [0.1, 0.15) is 0 Å². The maximum atomic E-state index is 11.5. The molecule has 0 bridgehead atoms. The number of carbonyl (C=O) groups excluding carboxylic acids is 1. The lowest BCUT2D eigenvalue weighted by molar-refractivity contribution is -0.148. The number of carbonyl (C=O) groups is 2. The van der Waals surface area contributed by atoms with E-state index in [0.717, 1.165) is 12.8 Å². The SMILES string of the molecule is CCCCCCCCCCCCCCC(C)OC(=O)CCCC(=O)O. The summed E-state index contributed by atoms with van der Waals surface area (Å²) >= 11 is 0. The lowest BCUT2D eigenvalue weighted by Crippen LogP contribution is -2.15. The highest BCUT2D eigenvalue weighted by molar-refractivity contribution is 5.71. The summed E-state index contributed by atoms with van der Waals surface area (Å²) < 4.78 is 5.30. The average Bonchev–Trinajstić information content (AvgIpc) is 2.55. The van der Waals surface area contributed by atoms with E-state index < -0.39 is 5.97 Å². The van der Waals surface area contributed by atoms with E-state index in [2.05, 4.69) is 6.92 Å². The van der Waals surface area contributed by atoms with Crippen LogP contribution in [0.2, 0.25) is 0 Å². The highest BCUT2D eigenvalue weighted by Crippen LogP contribution is 2.14. The fourth-order valence-corrected chi connectivity index (χ4v) is 3.00. The second kappa shape index (κ2) is 17.8. The van der Waals surface area contributed by atoms with Gasteiger partial charge in [-0.2, -0.15) is 0 Å². The van der Waals surface area contributed by atoms with Crippen molar-refractivity contribution in [3.05, 3.63) is 0 Å². The lowest BCUT2D eigenvalue weighted by atomic mass is 10.0. The van der Waals surface area contributed by atoms with Crippen LogP contribution in [0.4, 0.5) is 0 Å². The van der Waals surface area contributed by atoms with Crippen LogP contribution in [-0.4, -0.2) is 23.1 Å². The second-order valence-corrected chi connectivity index (χ2v) is 7.23. The Kier molecular flexibility index (Phi) is 17.0. The minimum atomic E-state index is -0.864. The first-order valence-corrected chi connectivity index (χ1v) is 10.5. The third kappa shape index (κ3) is 19.1. The van der Waals surface area contributed by atoms with Gasteiger partial charge in [-0.3, -0.25) is 9.59 Å². The summed E-state index contributed by atoms with van der Waals surface area (Å²) in [6.45, 7) is 4.18. The summed E-state index contributed by atoms with van der Waals surface area (Å²) in [6.07, 6.45) is 17.4. The minimum absolute atomic E-state index is 0.0300. The Morgan fingerprint density at radius 2 is 1.24 bits per heavy atom. The predicted molar refractivity (Wildman–Crippen MR) is 103 cm³/mol. The molecular formula is C21H40O4. The Hall–Kier alpha value is -1.06. The van der Waals surface area contributed by atoms with Crippen LogP contribution in [0.15, 0.2) is 0 Å². The molecule has 4 nitrogen and oxygen atoms in total. The number of esters is 1. The largest absolute Gasteiger partial charge is 0.481 e. The topological polar surface area (TPSA) is 63.6 Å². The Balaban J connectivity index is 3.30. The van der Waals surface area contributed by atoms with Crippen LogP contribution in [0.1, 0.15) is 117 Å². The number of hydrogen-bond acceptors (Lipinski definition) is 3. The molecule has 0 aromatic rings. The first kappa shape index (κ1) is 23.9. The van der Waals surface area contributed by atoms with E-state index in [9.17, 15) is 9.59 Å². The molecule has 148 valence electrons. The molecule has 0 saturated heterocycles. The van der Waals surface area contributed by atoms with Crippen LogP contribution < -0.4 is 0 Å². The summed E-state index contributed by atoms with van der Waals surface area (Å²) in [5.74, 6) is -1.13. The summed E-state index contributed by atoms with van der Waals surface area (Å²) in [4.78, 5) is 21.9. The lowest BCUT2D eigenvalue weighted by Gasteiger charge is -2.13. The molecule has 0 aliphatic rings. The molecule has 0 saturated carbocycles. The van der Waals surface area contributed by atoms with Crippen molar-refractivity contribution in [3.63, 3.8) is 0 Å². The molecule has 0 amide bonds. The molecule has 1 atom stereocenters. The highest BCUT2D eigenvalue weighted by Gasteiger charge is 2.10. The molecule has 1 unspecified atom stereocenters. The van der Waals surface area contributed by atoms with Crippen molar-refractivity contribution in [2.75, 3.05) is 0 Å². The zero-order chi connectivity index (χ0) is 18.8. The average molecular weight is 357 g/mol. The van der Waals surface area contributed by atoms with Gasteiger partial charge < -0.3 is 9.84 Å². The Morgan fingerprint density at radius 1 is 0.760 bits per heavy atom. The molecule has 4 heteroatoms. The van der Waals surface area contributed by atoms with E-state index in [1.54, 1.807) is 0 Å². The van der Waals surface area contributed by atoms with E-state index in [-0.39, 0.29) is 24.9 Å². The van der Waals surface area contributed by atoms with Crippen molar-refractivity contribution in [2.24, 2.45) is 0 Å². The Bertz CT molecular complexity index is 328. The van der Waals surface area contributed by atoms with E-state index in [4.69, 9.17) is 9.84 Å². The molecule has 0 heterocycles. The van der Waals surface area contributed by atoms with Crippen molar-refractivity contribution < 1.29 is 19.4 Å². The maximum Gasteiger partial charge on any atom is 0.306 e. The molecule has 0 rings (SSSR count). The van der Waals surface area contributed by atoms with Crippen LogP contribution in [0.3, 0.4) is 0 Å². The number of carboxylic acids is 1. The number of hydrogen-bond donors (Lipinski definition) is 1. The van der Waals surface area contributed by atoms with Crippen molar-refractivity contribution in [1.29, 1.82) is 0 Å². The first-order valence-electron chi connectivity index (χ1n) is 10.5. The van der Waals surface area contributed by atoms with E-state index in [1.165, 1.54) is 70.6 Å². The third-order valence-electron chi connectivity index (χ3n) is 4.57.